The average molecular weight is 383 g/mol. The topological polar surface area (TPSA) is 12.0 Å². The van der Waals surface area contributed by atoms with Gasteiger partial charge in [0, 0.05) is 21.5 Å². The smallest absolute Gasteiger partial charge is 0.0295 e. The van der Waals surface area contributed by atoms with Gasteiger partial charge in [0.25, 0.3) is 0 Å². The molecule has 1 atom stereocenters. The summed E-state index contributed by atoms with van der Waals surface area (Å²) < 4.78 is 2.29. The molecular formula is C16H17Br2N. The maximum absolute atomic E-state index is 3.57. The fourth-order valence-electron chi connectivity index (χ4n) is 1.91. The Morgan fingerprint density at radius 1 is 1.11 bits per heavy atom. The summed E-state index contributed by atoms with van der Waals surface area (Å²) in [4.78, 5) is 0. The molecule has 0 fully saturated rings. The molecule has 0 amide bonds. The molecule has 0 heterocycles. The number of hydrogen-bond donors (Lipinski definition) is 1. The molecule has 0 aromatic heterocycles. The Morgan fingerprint density at radius 2 is 1.89 bits per heavy atom. The first-order valence-corrected chi connectivity index (χ1v) is 7.89. The first-order chi connectivity index (χ1) is 9.06. The zero-order chi connectivity index (χ0) is 13.8. The van der Waals surface area contributed by atoms with Gasteiger partial charge in [0.2, 0.25) is 0 Å². The number of hydrogen-bond acceptors (Lipinski definition) is 1. The molecule has 1 N–H and O–H groups in total. The summed E-state index contributed by atoms with van der Waals surface area (Å²) in [7, 11) is 0. The van der Waals surface area contributed by atoms with E-state index in [0.29, 0.717) is 6.04 Å². The number of aryl methyl sites for hydroxylation is 1. The van der Waals surface area contributed by atoms with Crippen LogP contribution >= 0.6 is 31.9 Å². The van der Waals surface area contributed by atoms with Crippen LogP contribution in [0.25, 0.3) is 0 Å². The predicted octanol–water partition coefficient (Wildman–Crippen LogP) is 5.37. The van der Waals surface area contributed by atoms with E-state index >= 15 is 0 Å². The lowest BCUT2D eigenvalue weighted by molar-refractivity contribution is 0.574. The molecule has 1 nitrogen and oxygen atoms in total. The molecule has 0 unspecified atom stereocenters. The third-order valence-electron chi connectivity index (χ3n) is 3.20. The molecule has 19 heavy (non-hydrogen) atoms. The quantitative estimate of drug-likeness (QED) is 0.749. The summed E-state index contributed by atoms with van der Waals surface area (Å²) >= 11 is 7.08. The SMILES string of the molecule is Cc1ccc(CN[C@@H](C)c2cccc(Br)c2)cc1Br. The molecule has 0 spiro atoms. The third-order valence-corrected chi connectivity index (χ3v) is 4.54. The number of rotatable bonds is 4. The lowest BCUT2D eigenvalue weighted by Crippen LogP contribution is -2.18. The zero-order valence-electron chi connectivity index (χ0n) is 11.1. The second-order valence-electron chi connectivity index (χ2n) is 4.74. The Kier molecular flexibility index (Phi) is 5.20. The van der Waals surface area contributed by atoms with Gasteiger partial charge in [-0.15, -0.1) is 0 Å². The van der Waals surface area contributed by atoms with Crippen LogP contribution in [0.15, 0.2) is 51.4 Å². The van der Waals surface area contributed by atoms with Crippen LogP contribution in [0.3, 0.4) is 0 Å². The van der Waals surface area contributed by atoms with E-state index in [-0.39, 0.29) is 0 Å². The van der Waals surface area contributed by atoms with Crippen LogP contribution in [0.1, 0.15) is 29.7 Å². The normalized spacial score (nSPS) is 12.4. The van der Waals surface area contributed by atoms with Gasteiger partial charge in [0.1, 0.15) is 0 Å². The first kappa shape index (κ1) is 14.8. The molecule has 0 saturated carbocycles. The molecule has 0 aliphatic heterocycles. The van der Waals surface area contributed by atoms with Crippen molar-refractivity contribution in [3.63, 3.8) is 0 Å². The van der Waals surface area contributed by atoms with Crippen molar-refractivity contribution in [2.45, 2.75) is 26.4 Å². The van der Waals surface area contributed by atoms with E-state index in [1.807, 2.05) is 6.07 Å². The molecule has 0 aliphatic carbocycles. The highest BCUT2D eigenvalue weighted by molar-refractivity contribution is 9.10. The van der Waals surface area contributed by atoms with Crippen LogP contribution in [0.2, 0.25) is 0 Å². The van der Waals surface area contributed by atoms with E-state index in [4.69, 9.17) is 0 Å². The third kappa shape index (κ3) is 4.16. The maximum atomic E-state index is 3.57. The summed E-state index contributed by atoms with van der Waals surface area (Å²) in [6.45, 7) is 5.16. The monoisotopic (exact) mass is 381 g/mol. The molecule has 0 bridgehead atoms. The Morgan fingerprint density at radius 3 is 2.58 bits per heavy atom. The Balaban J connectivity index is 2.00. The minimum atomic E-state index is 0.331. The van der Waals surface area contributed by atoms with Gasteiger partial charge >= 0.3 is 0 Å². The number of nitrogens with one attached hydrogen (secondary N) is 1. The van der Waals surface area contributed by atoms with Crippen molar-refractivity contribution in [3.8, 4) is 0 Å². The van der Waals surface area contributed by atoms with E-state index in [2.05, 4.69) is 87.4 Å². The van der Waals surface area contributed by atoms with Crippen LogP contribution in [0, 0.1) is 6.92 Å². The van der Waals surface area contributed by atoms with E-state index in [0.717, 1.165) is 11.0 Å². The number of halogens is 2. The van der Waals surface area contributed by atoms with Crippen molar-refractivity contribution in [1.82, 2.24) is 5.32 Å². The van der Waals surface area contributed by atoms with Crippen LogP contribution in [-0.4, -0.2) is 0 Å². The highest BCUT2D eigenvalue weighted by Gasteiger charge is 2.05. The molecule has 2 rings (SSSR count). The number of benzene rings is 2. The summed E-state index contributed by atoms with van der Waals surface area (Å²) in [5.74, 6) is 0. The van der Waals surface area contributed by atoms with Crippen LogP contribution in [0.5, 0.6) is 0 Å². The second kappa shape index (κ2) is 6.69. The van der Waals surface area contributed by atoms with Crippen LogP contribution in [0.4, 0.5) is 0 Å². The lowest BCUT2D eigenvalue weighted by Gasteiger charge is -2.15. The van der Waals surface area contributed by atoms with Crippen LogP contribution < -0.4 is 5.32 Å². The minimum Gasteiger partial charge on any atom is -0.306 e. The van der Waals surface area contributed by atoms with Crippen molar-refractivity contribution in [2.24, 2.45) is 0 Å². The molecule has 3 heteroatoms. The molecule has 2 aromatic carbocycles. The summed E-state index contributed by atoms with van der Waals surface area (Å²) in [5, 5.41) is 3.55. The Labute approximate surface area is 131 Å². The Bertz CT molecular complexity index is 566. The zero-order valence-corrected chi connectivity index (χ0v) is 14.3. The molecule has 0 saturated heterocycles. The predicted molar refractivity (Wildman–Crippen MR) is 88.3 cm³/mol. The standard InChI is InChI=1S/C16H17Br2N/c1-11-6-7-13(8-16(11)18)10-19-12(2)14-4-3-5-15(17)9-14/h3-9,12,19H,10H2,1-2H3/t12-/m0/s1. The van der Waals surface area contributed by atoms with Crippen molar-refractivity contribution in [2.75, 3.05) is 0 Å². The fraction of sp³-hybridized carbons (Fsp3) is 0.250. The fourth-order valence-corrected chi connectivity index (χ4v) is 2.75. The van der Waals surface area contributed by atoms with E-state index in [1.54, 1.807) is 0 Å². The first-order valence-electron chi connectivity index (χ1n) is 6.30. The highest BCUT2D eigenvalue weighted by Crippen LogP contribution is 2.20. The summed E-state index contributed by atoms with van der Waals surface area (Å²) in [6.07, 6.45) is 0. The Hall–Kier alpha value is -0.640. The lowest BCUT2D eigenvalue weighted by atomic mass is 10.1. The molecule has 2 aromatic rings. The van der Waals surface area contributed by atoms with Crippen LogP contribution in [-0.2, 0) is 6.54 Å². The van der Waals surface area contributed by atoms with Gasteiger partial charge in [-0.3, -0.25) is 0 Å². The second-order valence-corrected chi connectivity index (χ2v) is 6.51. The van der Waals surface area contributed by atoms with Gasteiger partial charge in [-0.2, -0.15) is 0 Å². The highest BCUT2D eigenvalue weighted by atomic mass is 79.9. The van der Waals surface area contributed by atoms with Gasteiger partial charge in [-0.05, 0) is 48.7 Å². The largest absolute Gasteiger partial charge is 0.306 e. The van der Waals surface area contributed by atoms with Crippen molar-refractivity contribution < 1.29 is 0 Å². The van der Waals surface area contributed by atoms with Crippen molar-refractivity contribution in [1.29, 1.82) is 0 Å². The van der Waals surface area contributed by atoms with E-state index in [1.165, 1.54) is 21.2 Å². The van der Waals surface area contributed by atoms with Gasteiger partial charge in [-0.1, -0.05) is 56.1 Å². The van der Waals surface area contributed by atoms with Crippen molar-refractivity contribution >= 4 is 31.9 Å². The van der Waals surface area contributed by atoms with Gasteiger partial charge in [0.15, 0.2) is 0 Å². The maximum Gasteiger partial charge on any atom is 0.0295 e. The average Bonchev–Trinajstić information content (AvgIpc) is 2.40. The summed E-state index contributed by atoms with van der Waals surface area (Å²) in [6, 6.07) is 15.2. The molecule has 0 aliphatic rings. The van der Waals surface area contributed by atoms with Gasteiger partial charge < -0.3 is 5.32 Å². The van der Waals surface area contributed by atoms with Gasteiger partial charge in [0.05, 0.1) is 0 Å². The van der Waals surface area contributed by atoms with Gasteiger partial charge in [-0.25, -0.2) is 0 Å². The molecular weight excluding hydrogens is 366 g/mol. The van der Waals surface area contributed by atoms with E-state index < -0.39 is 0 Å². The molecule has 100 valence electrons. The van der Waals surface area contributed by atoms with E-state index in [9.17, 15) is 0 Å². The minimum absolute atomic E-state index is 0.331. The summed E-state index contributed by atoms with van der Waals surface area (Å²) in [5.41, 5.74) is 3.85. The molecule has 0 radical (unpaired) electrons. The van der Waals surface area contributed by atoms with Crippen molar-refractivity contribution in [3.05, 3.63) is 68.1 Å².